The molecule has 102 valence electrons. The fourth-order valence-electron chi connectivity index (χ4n) is 1.93. The molecule has 4 heteroatoms. The van der Waals surface area contributed by atoms with E-state index in [2.05, 4.69) is 11.4 Å². The van der Waals surface area contributed by atoms with Gasteiger partial charge in [0.15, 0.2) is 0 Å². The lowest BCUT2D eigenvalue weighted by Crippen LogP contribution is -2.10. The van der Waals surface area contributed by atoms with Gasteiger partial charge in [-0.15, -0.1) is 0 Å². The van der Waals surface area contributed by atoms with Crippen LogP contribution in [0.1, 0.15) is 18.5 Å². The average molecular weight is 287 g/mol. The highest BCUT2D eigenvalue weighted by Crippen LogP contribution is 2.28. The normalized spacial score (nSPS) is 11.4. The van der Waals surface area contributed by atoms with Crippen LogP contribution in [-0.2, 0) is 0 Å². The van der Waals surface area contributed by atoms with E-state index in [-0.39, 0.29) is 0 Å². The molecule has 0 spiro atoms. The van der Waals surface area contributed by atoms with E-state index in [0.29, 0.717) is 11.6 Å². The molecular formula is C16H15ClN2O. The van der Waals surface area contributed by atoms with Gasteiger partial charge in [-0.05, 0) is 31.2 Å². The fourth-order valence-corrected chi connectivity index (χ4v) is 2.12. The molecule has 1 unspecified atom stereocenters. The molecule has 20 heavy (non-hydrogen) atoms. The van der Waals surface area contributed by atoms with E-state index in [1.807, 2.05) is 43.3 Å². The Labute approximate surface area is 123 Å². The van der Waals surface area contributed by atoms with Gasteiger partial charge in [-0.25, -0.2) is 0 Å². The minimum atomic E-state index is -0.490. The summed E-state index contributed by atoms with van der Waals surface area (Å²) in [7, 11) is 0. The standard InChI is InChI=1S/C16H15ClN2O/c1-2-20-16-9-4-3-8-14(16)15(11-18)19-13-7-5-6-12(17)10-13/h3-10,15,19H,2H2,1H3. The molecular weight excluding hydrogens is 272 g/mol. The van der Waals surface area contributed by atoms with E-state index in [1.54, 1.807) is 12.1 Å². The Morgan fingerprint density at radius 1 is 1.25 bits per heavy atom. The van der Waals surface area contributed by atoms with Crippen LogP contribution >= 0.6 is 11.6 Å². The van der Waals surface area contributed by atoms with Gasteiger partial charge in [-0.2, -0.15) is 5.26 Å². The molecule has 1 N–H and O–H groups in total. The van der Waals surface area contributed by atoms with Crippen molar-refractivity contribution in [1.29, 1.82) is 5.26 Å². The maximum absolute atomic E-state index is 9.40. The number of rotatable bonds is 5. The quantitative estimate of drug-likeness (QED) is 0.885. The number of hydrogen-bond donors (Lipinski definition) is 1. The van der Waals surface area contributed by atoms with Crippen LogP contribution < -0.4 is 10.1 Å². The molecule has 1 atom stereocenters. The molecule has 2 aromatic carbocycles. The number of halogens is 1. The van der Waals surface area contributed by atoms with Crippen molar-refractivity contribution in [3.8, 4) is 11.8 Å². The van der Waals surface area contributed by atoms with Crippen LogP contribution in [-0.4, -0.2) is 6.61 Å². The molecule has 0 bridgehead atoms. The molecule has 0 saturated carbocycles. The number of nitriles is 1. The first-order valence-corrected chi connectivity index (χ1v) is 6.76. The summed E-state index contributed by atoms with van der Waals surface area (Å²) in [5.41, 5.74) is 1.62. The zero-order valence-electron chi connectivity index (χ0n) is 11.1. The SMILES string of the molecule is CCOc1ccccc1C(C#N)Nc1cccc(Cl)c1. The van der Waals surface area contributed by atoms with Crippen LogP contribution in [0.3, 0.4) is 0 Å². The highest BCUT2D eigenvalue weighted by atomic mass is 35.5. The smallest absolute Gasteiger partial charge is 0.143 e. The van der Waals surface area contributed by atoms with Gasteiger partial charge in [-0.3, -0.25) is 0 Å². The predicted octanol–water partition coefficient (Wildman–Crippen LogP) is 4.42. The number of nitrogens with zero attached hydrogens (tertiary/aromatic N) is 1. The summed E-state index contributed by atoms with van der Waals surface area (Å²) < 4.78 is 5.56. The predicted molar refractivity (Wildman–Crippen MR) is 81.0 cm³/mol. The summed E-state index contributed by atoms with van der Waals surface area (Å²) in [4.78, 5) is 0. The maximum atomic E-state index is 9.40. The minimum Gasteiger partial charge on any atom is -0.493 e. The van der Waals surface area contributed by atoms with Gasteiger partial charge < -0.3 is 10.1 Å². The van der Waals surface area contributed by atoms with Gasteiger partial charge >= 0.3 is 0 Å². The number of para-hydroxylation sites is 1. The molecule has 0 radical (unpaired) electrons. The Kier molecular flexibility index (Phi) is 4.86. The topological polar surface area (TPSA) is 45.0 Å². The van der Waals surface area contributed by atoms with Crippen molar-refractivity contribution in [2.45, 2.75) is 13.0 Å². The minimum absolute atomic E-state index is 0.490. The molecule has 0 aliphatic carbocycles. The van der Waals surface area contributed by atoms with Crippen molar-refractivity contribution in [2.75, 3.05) is 11.9 Å². The van der Waals surface area contributed by atoms with E-state index in [4.69, 9.17) is 16.3 Å². The van der Waals surface area contributed by atoms with Crippen LogP contribution in [0.2, 0.25) is 5.02 Å². The second-order valence-electron chi connectivity index (χ2n) is 4.19. The van der Waals surface area contributed by atoms with Crippen LogP contribution in [0, 0.1) is 11.3 Å². The lowest BCUT2D eigenvalue weighted by atomic mass is 10.1. The van der Waals surface area contributed by atoms with E-state index in [0.717, 1.165) is 17.0 Å². The maximum Gasteiger partial charge on any atom is 0.143 e. The third kappa shape index (κ3) is 3.43. The van der Waals surface area contributed by atoms with Gasteiger partial charge in [0.2, 0.25) is 0 Å². The van der Waals surface area contributed by atoms with E-state index < -0.39 is 6.04 Å². The molecule has 0 heterocycles. The van der Waals surface area contributed by atoms with Gasteiger partial charge in [0.25, 0.3) is 0 Å². The lowest BCUT2D eigenvalue weighted by molar-refractivity contribution is 0.336. The largest absolute Gasteiger partial charge is 0.493 e. The lowest BCUT2D eigenvalue weighted by Gasteiger charge is -2.17. The number of hydrogen-bond acceptors (Lipinski definition) is 3. The summed E-state index contributed by atoms with van der Waals surface area (Å²) in [5.74, 6) is 0.719. The molecule has 0 amide bonds. The van der Waals surface area contributed by atoms with Crippen molar-refractivity contribution in [1.82, 2.24) is 0 Å². The summed E-state index contributed by atoms with van der Waals surface area (Å²) in [5, 5.41) is 13.2. The molecule has 0 aromatic heterocycles. The Morgan fingerprint density at radius 2 is 2.05 bits per heavy atom. The van der Waals surface area contributed by atoms with Crippen LogP contribution in [0.15, 0.2) is 48.5 Å². The fraction of sp³-hybridized carbons (Fsp3) is 0.188. The zero-order valence-corrected chi connectivity index (χ0v) is 11.9. The Balaban J connectivity index is 2.27. The van der Waals surface area contributed by atoms with Crippen molar-refractivity contribution in [2.24, 2.45) is 0 Å². The number of benzene rings is 2. The van der Waals surface area contributed by atoms with Crippen LogP contribution in [0.5, 0.6) is 5.75 Å². The highest BCUT2D eigenvalue weighted by Gasteiger charge is 2.15. The number of anilines is 1. The van der Waals surface area contributed by atoms with Gasteiger partial charge in [0, 0.05) is 16.3 Å². The third-order valence-corrected chi connectivity index (χ3v) is 3.03. The second kappa shape index (κ2) is 6.83. The molecule has 3 nitrogen and oxygen atoms in total. The van der Waals surface area contributed by atoms with E-state index in [9.17, 15) is 5.26 Å². The number of nitrogens with one attached hydrogen (secondary N) is 1. The van der Waals surface area contributed by atoms with Crippen molar-refractivity contribution >= 4 is 17.3 Å². The Hall–Kier alpha value is -2.18. The van der Waals surface area contributed by atoms with Gasteiger partial charge in [0.1, 0.15) is 11.8 Å². The second-order valence-corrected chi connectivity index (χ2v) is 4.62. The molecule has 0 saturated heterocycles. The Morgan fingerprint density at radius 3 is 2.75 bits per heavy atom. The summed E-state index contributed by atoms with van der Waals surface area (Å²) in [6.45, 7) is 2.48. The highest BCUT2D eigenvalue weighted by molar-refractivity contribution is 6.30. The number of ether oxygens (including phenoxy) is 1. The summed E-state index contributed by atoms with van der Waals surface area (Å²) >= 11 is 5.95. The molecule has 2 rings (SSSR count). The average Bonchev–Trinajstić information content (AvgIpc) is 2.46. The molecule has 0 aliphatic heterocycles. The molecule has 0 aliphatic rings. The Bertz CT molecular complexity index is 622. The van der Waals surface area contributed by atoms with Crippen molar-refractivity contribution in [3.63, 3.8) is 0 Å². The van der Waals surface area contributed by atoms with Crippen molar-refractivity contribution in [3.05, 3.63) is 59.1 Å². The van der Waals surface area contributed by atoms with E-state index in [1.165, 1.54) is 0 Å². The van der Waals surface area contributed by atoms with Crippen LogP contribution in [0.4, 0.5) is 5.69 Å². The first kappa shape index (κ1) is 14.2. The summed E-state index contributed by atoms with van der Waals surface area (Å²) in [6, 6.07) is 16.6. The monoisotopic (exact) mass is 286 g/mol. The van der Waals surface area contributed by atoms with Gasteiger partial charge in [0.05, 0.1) is 12.7 Å². The third-order valence-electron chi connectivity index (χ3n) is 2.79. The first-order valence-electron chi connectivity index (χ1n) is 6.38. The van der Waals surface area contributed by atoms with Gasteiger partial charge in [-0.1, -0.05) is 35.9 Å². The van der Waals surface area contributed by atoms with Crippen molar-refractivity contribution < 1.29 is 4.74 Å². The zero-order chi connectivity index (χ0) is 14.4. The van der Waals surface area contributed by atoms with E-state index >= 15 is 0 Å². The first-order chi connectivity index (χ1) is 9.74. The van der Waals surface area contributed by atoms with Crippen LogP contribution in [0.25, 0.3) is 0 Å². The molecule has 2 aromatic rings. The molecule has 0 fully saturated rings. The summed E-state index contributed by atoms with van der Waals surface area (Å²) in [6.07, 6.45) is 0.